The fourth-order valence-corrected chi connectivity index (χ4v) is 4.25. The molecule has 1 atom stereocenters. The minimum Gasteiger partial charge on any atom is -0.360 e. The number of carbonyl (C=O) groups excluding carboxylic acids is 3. The van der Waals surface area contributed by atoms with Gasteiger partial charge in [-0.05, 0) is 55.5 Å². The smallest absolute Gasteiger partial charge is 0.251 e. The van der Waals surface area contributed by atoms with Crippen molar-refractivity contribution >= 4 is 52.1 Å². The molecule has 3 amide bonds. The Morgan fingerprint density at radius 1 is 1.12 bits per heavy atom. The predicted octanol–water partition coefficient (Wildman–Crippen LogP) is 3.91. The second kappa shape index (κ2) is 10.5. The van der Waals surface area contributed by atoms with E-state index in [0.717, 1.165) is 29.4 Å². The summed E-state index contributed by atoms with van der Waals surface area (Å²) in [5.41, 5.74) is 2.46. The molecule has 0 radical (unpaired) electrons. The number of nitrogens with one attached hydrogen (secondary N) is 4. The maximum Gasteiger partial charge on any atom is 0.251 e. The first kappa shape index (κ1) is 23.5. The Balaban J connectivity index is 1.35. The number of benzene rings is 2. The van der Waals surface area contributed by atoms with Gasteiger partial charge in [-0.25, -0.2) is 0 Å². The number of aromatic nitrogens is 1. The van der Waals surface area contributed by atoms with Crippen molar-refractivity contribution in [1.82, 2.24) is 15.6 Å². The van der Waals surface area contributed by atoms with Crippen molar-refractivity contribution < 1.29 is 14.4 Å². The Hall–Kier alpha value is -3.65. The van der Waals surface area contributed by atoms with Gasteiger partial charge < -0.3 is 25.9 Å². The van der Waals surface area contributed by atoms with Gasteiger partial charge in [-0.2, -0.15) is 0 Å². The molecule has 1 aliphatic heterocycles. The van der Waals surface area contributed by atoms with E-state index in [9.17, 15) is 14.4 Å². The van der Waals surface area contributed by atoms with E-state index >= 15 is 0 Å². The highest BCUT2D eigenvalue weighted by Crippen LogP contribution is 2.24. The predicted molar refractivity (Wildman–Crippen MR) is 133 cm³/mol. The lowest BCUT2D eigenvalue weighted by Crippen LogP contribution is -2.44. The zero-order valence-electron chi connectivity index (χ0n) is 18.6. The van der Waals surface area contributed by atoms with Gasteiger partial charge in [0.15, 0.2) is 0 Å². The first-order valence-corrected chi connectivity index (χ1v) is 11.6. The summed E-state index contributed by atoms with van der Waals surface area (Å²) in [5.74, 6) is -0.486. The topological polar surface area (TPSA) is 118 Å². The fraction of sp³-hybridized carbons (Fsp3) is 0.280. The largest absolute Gasteiger partial charge is 0.360 e. The standard InChI is InChI=1S/C25H26ClN5O3/c26-21-15-28-22-13-17(6-9-20(21)22)25(34)30-18(10-11-27)14-29-24(33)16-4-7-19(8-5-16)31-12-2-1-3-23(31)32/h4-9,11,13,15,18,27-28H,1-3,10,12,14H2,(H,29,33)(H,30,34). The van der Waals surface area contributed by atoms with Gasteiger partial charge in [-0.1, -0.05) is 17.7 Å². The number of nitrogens with zero attached hydrogens (tertiary/aromatic N) is 1. The number of rotatable bonds is 8. The highest BCUT2D eigenvalue weighted by atomic mass is 35.5. The lowest BCUT2D eigenvalue weighted by molar-refractivity contribution is -0.119. The van der Waals surface area contributed by atoms with Crippen molar-refractivity contribution in [3.63, 3.8) is 0 Å². The summed E-state index contributed by atoms with van der Waals surface area (Å²) in [6.45, 7) is 0.863. The lowest BCUT2D eigenvalue weighted by atomic mass is 10.1. The number of piperidine rings is 1. The Kier molecular flexibility index (Phi) is 7.27. The minimum absolute atomic E-state index is 0.104. The summed E-state index contributed by atoms with van der Waals surface area (Å²) in [6.07, 6.45) is 5.58. The molecule has 2 heterocycles. The molecule has 0 saturated carbocycles. The van der Waals surface area contributed by atoms with Crippen LogP contribution >= 0.6 is 11.6 Å². The minimum atomic E-state index is -0.442. The Morgan fingerprint density at radius 3 is 2.62 bits per heavy atom. The van der Waals surface area contributed by atoms with E-state index in [-0.39, 0.29) is 30.7 Å². The van der Waals surface area contributed by atoms with Crippen LogP contribution in [-0.4, -0.2) is 48.1 Å². The normalized spacial score (nSPS) is 14.6. The van der Waals surface area contributed by atoms with Crippen LogP contribution in [0.2, 0.25) is 5.02 Å². The molecule has 3 aromatic rings. The molecule has 1 unspecified atom stereocenters. The third-order valence-corrected chi connectivity index (χ3v) is 6.22. The maximum atomic E-state index is 12.7. The summed E-state index contributed by atoms with van der Waals surface area (Å²) in [5, 5.41) is 14.5. The monoisotopic (exact) mass is 479 g/mol. The number of aromatic amines is 1. The van der Waals surface area contributed by atoms with E-state index in [1.165, 1.54) is 6.21 Å². The van der Waals surface area contributed by atoms with Gasteiger partial charge in [0.05, 0.1) is 11.1 Å². The number of fused-ring (bicyclic) bond motifs is 1. The number of hydrogen-bond donors (Lipinski definition) is 4. The Morgan fingerprint density at radius 2 is 1.88 bits per heavy atom. The second-order valence-electron chi connectivity index (χ2n) is 8.27. The first-order chi connectivity index (χ1) is 16.5. The van der Waals surface area contributed by atoms with Gasteiger partial charge in [0.25, 0.3) is 11.8 Å². The number of anilines is 1. The molecular weight excluding hydrogens is 454 g/mol. The van der Waals surface area contributed by atoms with Gasteiger partial charge in [-0.3, -0.25) is 14.4 Å². The van der Waals surface area contributed by atoms with Crippen LogP contribution in [0.4, 0.5) is 5.69 Å². The quantitative estimate of drug-likeness (QED) is 0.367. The molecule has 2 aromatic carbocycles. The van der Waals surface area contributed by atoms with Crippen LogP contribution in [0.3, 0.4) is 0 Å². The number of amides is 3. The van der Waals surface area contributed by atoms with E-state index in [2.05, 4.69) is 15.6 Å². The zero-order valence-corrected chi connectivity index (χ0v) is 19.3. The summed E-state index contributed by atoms with van der Waals surface area (Å²) >= 11 is 6.09. The summed E-state index contributed by atoms with van der Waals surface area (Å²) < 4.78 is 0. The molecule has 0 aliphatic carbocycles. The van der Waals surface area contributed by atoms with E-state index in [1.54, 1.807) is 53.6 Å². The van der Waals surface area contributed by atoms with E-state index in [1.807, 2.05) is 0 Å². The van der Waals surface area contributed by atoms with Crippen molar-refractivity contribution in [3.05, 3.63) is 64.8 Å². The van der Waals surface area contributed by atoms with Gasteiger partial charge in [0.1, 0.15) is 0 Å². The molecule has 34 heavy (non-hydrogen) atoms. The van der Waals surface area contributed by atoms with Gasteiger partial charge in [0.2, 0.25) is 5.91 Å². The average Bonchev–Trinajstić information content (AvgIpc) is 3.23. The molecule has 9 heteroatoms. The highest BCUT2D eigenvalue weighted by molar-refractivity contribution is 6.35. The molecule has 4 rings (SSSR count). The molecule has 8 nitrogen and oxygen atoms in total. The van der Waals surface area contributed by atoms with Crippen LogP contribution in [0.1, 0.15) is 46.4 Å². The van der Waals surface area contributed by atoms with Crippen LogP contribution in [0.5, 0.6) is 0 Å². The van der Waals surface area contributed by atoms with Gasteiger partial charge >= 0.3 is 0 Å². The molecule has 0 spiro atoms. The van der Waals surface area contributed by atoms with Crippen molar-refractivity contribution in [2.45, 2.75) is 31.7 Å². The molecule has 4 N–H and O–H groups in total. The number of carbonyl (C=O) groups is 3. The molecule has 1 aromatic heterocycles. The van der Waals surface area contributed by atoms with Crippen LogP contribution in [0.25, 0.3) is 10.9 Å². The summed E-state index contributed by atoms with van der Waals surface area (Å²) in [7, 11) is 0. The third-order valence-electron chi connectivity index (χ3n) is 5.90. The van der Waals surface area contributed by atoms with Gasteiger partial charge in [-0.15, -0.1) is 0 Å². The Bertz CT molecular complexity index is 1220. The van der Waals surface area contributed by atoms with Crippen molar-refractivity contribution in [1.29, 1.82) is 5.41 Å². The lowest BCUT2D eigenvalue weighted by Gasteiger charge is -2.26. The number of H-pyrrole nitrogens is 1. The summed E-state index contributed by atoms with van der Waals surface area (Å²) in [6, 6.07) is 11.7. The SMILES string of the molecule is N=CCC(CNC(=O)c1ccc(N2CCCCC2=O)cc1)NC(=O)c1ccc2c(Cl)c[nH]c2c1. The zero-order chi connectivity index (χ0) is 24.1. The highest BCUT2D eigenvalue weighted by Gasteiger charge is 2.20. The van der Waals surface area contributed by atoms with Crippen molar-refractivity contribution in [3.8, 4) is 0 Å². The average molecular weight is 480 g/mol. The van der Waals surface area contributed by atoms with Crippen molar-refractivity contribution in [2.75, 3.05) is 18.0 Å². The van der Waals surface area contributed by atoms with Crippen LogP contribution in [-0.2, 0) is 4.79 Å². The summed E-state index contributed by atoms with van der Waals surface area (Å²) in [4.78, 5) is 42.2. The van der Waals surface area contributed by atoms with Crippen LogP contribution in [0, 0.1) is 5.41 Å². The molecule has 1 fully saturated rings. The van der Waals surface area contributed by atoms with Crippen LogP contribution in [0.15, 0.2) is 48.7 Å². The maximum absolute atomic E-state index is 12.7. The Labute approximate surface area is 202 Å². The van der Waals surface area contributed by atoms with Crippen LogP contribution < -0.4 is 15.5 Å². The molecule has 1 aliphatic rings. The van der Waals surface area contributed by atoms with E-state index in [0.29, 0.717) is 29.1 Å². The third kappa shape index (κ3) is 5.28. The molecular formula is C25H26ClN5O3. The second-order valence-corrected chi connectivity index (χ2v) is 8.67. The fourth-order valence-electron chi connectivity index (χ4n) is 4.03. The van der Waals surface area contributed by atoms with E-state index < -0.39 is 6.04 Å². The van der Waals surface area contributed by atoms with Crippen molar-refractivity contribution in [2.24, 2.45) is 0 Å². The molecule has 176 valence electrons. The van der Waals surface area contributed by atoms with E-state index in [4.69, 9.17) is 17.0 Å². The first-order valence-electron chi connectivity index (χ1n) is 11.2. The van der Waals surface area contributed by atoms with Gasteiger partial charge in [0, 0.05) is 59.8 Å². The number of halogens is 1. The molecule has 1 saturated heterocycles. The molecule has 0 bridgehead atoms. The number of hydrogen-bond acceptors (Lipinski definition) is 4.